The van der Waals surface area contributed by atoms with Gasteiger partial charge in [-0.25, -0.2) is 4.79 Å². The molecule has 134 valence electrons. The van der Waals surface area contributed by atoms with Crippen LogP contribution in [0, 0.1) is 6.92 Å². The molecule has 1 saturated heterocycles. The highest BCUT2D eigenvalue weighted by molar-refractivity contribution is 5.89. The molecule has 1 N–H and O–H groups in total. The molecule has 0 saturated carbocycles. The molecule has 1 fully saturated rings. The minimum Gasteiger partial charge on any atom is -0.338 e. The van der Waals surface area contributed by atoms with Gasteiger partial charge in [0.1, 0.15) is 0 Å². The van der Waals surface area contributed by atoms with Gasteiger partial charge in [-0.3, -0.25) is 4.90 Å². The highest BCUT2D eigenvalue weighted by Gasteiger charge is 2.22. The zero-order chi connectivity index (χ0) is 17.6. The van der Waals surface area contributed by atoms with Crippen molar-refractivity contribution < 1.29 is 9.32 Å². The molecule has 1 aromatic heterocycles. The summed E-state index contributed by atoms with van der Waals surface area (Å²) in [6.07, 6.45) is 1.85. The maximum Gasteiger partial charge on any atom is 0.321 e. The molecule has 7 heteroatoms. The van der Waals surface area contributed by atoms with Gasteiger partial charge < -0.3 is 14.7 Å². The quantitative estimate of drug-likeness (QED) is 0.903. The summed E-state index contributed by atoms with van der Waals surface area (Å²) in [5, 5.41) is 6.94. The first-order chi connectivity index (χ1) is 12.1. The van der Waals surface area contributed by atoms with Gasteiger partial charge in [0.05, 0.1) is 6.54 Å². The Morgan fingerprint density at radius 3 is 2.80 bits per heavy atom. The Morgan fingerprint density at radius 1 is 1.28 bits per heavy atom. The second kappa shape index (κ2) is 8.11. The van der Waals surface area contributed by atoms with E-state index in [9.17, 15) is 4.79 Å². The fourth-order valence-electron chi connectivity index (χ4n) is 2.91. The molecule has 0 spiro atoms. The first-order valence-corrected chi connectivity index (χ1v) is 8.80. The van der Waals surface area contributed by atoms with Gasteiger partial charge in [0, 0.05) is 38.3 Å². The average molecular weight is 343 g/mol. The topological polar surface area (TPSA) is 74.5 Å². The van der Waals surface area contributed by atoms with Gasteiger partial charge in [0.2, 0.25) is 5.89 Å². The molecule has 0 atom stereocenters. The third-order valence-electron chi connectivity index (χ3n) is 4.27. The summed E-state index contributed by atoms with van der Waals surface area (Å²) in [5.41, 5.74) is 1.96. The van der Waals surface area contributed by atoms with E-state index in [1.807, 2.05) is 36.1 Å². The summed E-state index contributed by atoms with van der Waals surface area (Å²) in [6, 6.07) is 7.79. The van der Waals surface area contributed by atoms with Crippen LogP contribution in [-0.2, 0) is 13.0 Å². The van der Waals surface area contributed by atoms with E-state index < -0.39 is 0 Å². The van der Waals surface area contributed by atoms with Crippen LogP contribution >= 0.6 is 0 Å². The van der Waals surface area contributed by atoms with E-state index in [2.05, 4.69) is 27.3 Å². The Kier molecular flexibility index (Phi) is 5.65. The second-order valence-corrected chi connectivity index (χ2v) is 6.42. The molecule has 1 aliphatic rings. The molecule has 0 aliphatic carbocycles. The smallest absolute Gasteiger partial charge is 0.321 e. The van der Waals surface area contributed by atoms with Crippen LogP contribution in [0.3, 0.4) is 0 Å². The van der Waals surface area contributed by atoms with E-state index in [4.69, 9.17) is 4.52 Å². The summed E-state index contributed by atoms with van der Waals surface area (Å²) >= 11 is 0. The highest BCUT2D eigenvalue weighted by Crippen LogP contribution is 2.12. The third kappa shape index (κ3) is 4.79. The predicted molar refractivity (Wildman–Crippen MR) is 95.3 cm³/mol. The van der Waals surface area contributed by atoms with Gasteiger partial charge in [-0.15, -0.1) is 0 Å². The van der Waals surface area contributed by atoms with Crippen molar-refractivity contribution in [3.05, 3.63) is 41.5 Å². The minimum absolute atomic E-state index is 0.0479. The fourth-order valence-corrected chi connectivity index (χ4v) is 2.91. The van der Waals surface area contributed by atoms with Gasteiger partial charge in [0.25, 0.3) is 0 Å². The maximum absolute atomic E-state index is 12.4. The normalized spacial score (nSPS) is 15.4. The molecule has 2 heterocycles. The van der Waals surface area contributed by atoms with Crippen molar-refractivity contribution in [1.29, 1.82) is 0 Å². The summed E-state index contributed by atoms with van der Waals surface area (Å²) in [4.78, 5) is 20.9. The van der Waals surface area contributed by atoms with E-state index in [1.54, 1.807) is 0 Å². The largest absolute Gasteiger partial charge is 0.338 e. The molecule has 7 nitrogen and oxygen atoms in total. The van der Waals surface area contributed by atoms with Gasteiger partial charge in [-0.2, -0.15) is 4.98 Å². The summed E-state index contributed by atoms with van der Waals surface area (Å²) in [7, 11) is 0. The number of aromatic nitrogens is 2. The predicted octanol–water partition coefficient (Wildman–Crippen LogP) is 2.68. The number of hydrogen-bond donors (Lipinski definition) is 1. The number of benzene rings is 1. The van der Waals surface area contributed by atoms with Crippen LogP contribution in [0.2, 0.25) is 0 Å². The zero-order valence-electron chi connectivity index (χ0n) is 14.9. The van der Waals surface area contributed by atoms with Crippen molar-refractivity contribution in [3.8, 4) is 0 Å². The molecule has 2 amide bonds. The summed E-state index contributed by atoms with van der Waals surface area (Å²) < 4.78 is 5.29. The SMILES string of the molecule is CCCc1noc(CN2CCN(C(=O)Nc3cccc(C)c3)CC2)n1. The Morgan fingerprint density at radius 2 is 2.08 bits per heavy atom. The lowest BCUT2D eigenvalue weighted by molar-refractivity contribution is 0.133. The molecule has 3 rings (SSSR count). The van der Waals surface area contributed by atoms with Crippen LogP contribution in [0.25, 0.3) is 0 Å². The number of aryl methyl sites for hydroxylation is 2. The lowest BCUT2D eigenvalue weighted by atomic mass is 10.2. The number of rotatable bonds is 5. The first kappa shape index (κ1) is 17.4. The Hall–Kier alpha value is -2.41. The van der Waals surface area contributed by atoms with Crippen LogP contribution < -0.4 is 5.32 Å². The number of piperazine rings is 1. The van der Waals surface area contributed by atoms with Crippen molar-refractivity contribution in [1.82, 2.24) is 19.9 Å². The van der Waals surface area contributed by atoms with E-state index in [0.29, 0.717) is 25.5 Å². The molecule has 0 radical (unpaired) electrons. The molecular weight excluding hydrogens is 318 g/mol. The Balaban J connectivity index is 1.46. The van der Waals surface area contributed by atoms with Crippen molar-refractivity contribution in [2.45, 2.75) is 33.2 Å². The van der Waals surface area contributed by atoms with Crippen LogP contribution in [-0.4, -0.2) is 52.2 Å². The van der Waals surface area contributed by atoms with Crippen LogP contribution in [0.15, 0.2) is 28.8 Å². The van der Waals surface area contributed by atoms with Crippen LogP contribution in [0.4, 0.5) is 10.5 Å². The highest BCUT2D eigenvalue weighted by atomic mass is 16.5. The minimum atomic E-state index is -0.0479. The summed E-state index contributed by atoms with van der Waals surface area (Å²) in [6.45, 7) is 7.72. The summed E-state index contributed by atoms with van der Waals surface area (Å²) in [5.74, 6) is 1.43. The molecule has 0 unspecified atom stereocenters. The van der Waals surface area contributed by atoms with E-state index in [1.165, 1.54) is 0 Å². The third-order valence-corrected chi connectivity index (χ3v) is 4.27. The molecular formula is C18H25N5O2. The van der Waals surface area contributed by atoms with Crippen molar-refractivity contribution in [2.75, 3.05) is 31.5 Å². The number of amides is 2. The lowest BCUT2D eigenvalue weighted by Gasteiger charge is -2.33. The number of urea groups is 1. The number of nitrogens with one attached hydrogen (secondary N) is 1. The van der Waals surface area contributed by atoms with Gasteiger partial charge in [0.15, 0.2) is 5.82 Å². The van der Waals surface area contributed by atoms with Crippen molar-refractivity contribution in [2.24, 2.45) is 0 Å². The van der Waals surface area contributed by atoms with E-state index in [0.717, 1.165) is 43.0 Å². The van der Waals surface area contributed by atoms with E-state index in [-0.39, 0.29) is 6.03 Å². The maximum atomic E-state index is 12.4. The van der Waals surface area contributed by atoms with E-state index >= 15 is 0 Å². The molecule has 2 aromatic rings. The monoisotopic (exact) mass is 343 g/mol. The molecule has 25 heavy (non-hydrogen) atoms. The Labute approximate surface area is 148 Å². The fraction of sp³-hybridized carbons (Fsp3) is 0.500. The number of anilines is 1. The zero-order valence-corrected chi connectivity index (χ0v) is 14.9. The van der Waals surface area contributed by atoms with Gasteiger partial charge in [-0.1, -0.05) is 24.2 Å². The van der Waals surface area contributed by atoms with Crippen molar-refractivity contribution in [3.63, 3.8) is 0 Å². The average Bonchev–Trinajstić information content (AvgIpc) is 3.03. The van der Waals surface area contributed by atoms with Gasteiger partial charge in [-0.05, 0) is 31.0 Å². The molecule has 1 aromatic carbocycles. The molecule has 1 aliphatic heterocycles. The van der Waals surface area contributed by atoms with Crippen LogP contribution in [0.5, 0.6) is 0 Å². The second-order valence-electron chi connectivity index (χ2n) is 6.42. The Bertz CT molecular complexity index is 707. The number of nitrogens with zero attached hydrogens (tertiary/aromatic N) is 4. The van der Waals surface area contributed by atoms with Gasteiger partial charge >= 0.3 is 6.03 Å². The van der Waals surface area contributed by atoms with Crippen molar-refractivity contribution >= 4 is 11.7 Å². The first-order valence-electron chi connectivity index (χ1n) is 8.80. The number of carbonyl (C=O) groups excluding carboxylic acids is 1. The standard InChI is InChI=1S/C18H25N5O2/c1-3-5-16-20-17(25-21-16)13-22-8-10-23(11-9-22)18(24)19-15-7-4-6-14(2)12-15/h4,6-7,12H,3,5,8-11,13H2,1-2H3,(H,19,24). The lowest BCUT2D eigenvalue weighted by Crippen LogP contribution is -2.49. The molecule has 0 bridgehead atoms. The van der Waals surface area contributed by atoms with Crippen LogP contribution in [0.1, 0.15) is 30.6 Å². The number of carbonyl (C=O) groups is 1. The number of hydrogen-bond acceptors (Lipinski definition) is 5.